The lowest BCUT2D eigenvalue weighted by atomic mass is 10.1. The molecule has 104 valence electrons. The zero-order valence-electron chi connectivity index (χ0n) is 11.8. The molecule has 4 heteroatoms. The van der Waals surface area contributed by atoms with Crippen LogP contribution in [0.1, 0.15) is 55.9 Å². The van der Waals surface area contributed by atoms with Gasteiger partial charge >= 0.3 is 0 Å². The van der Waals surface area contributed by atoms with E-state index in [9.17, 15) is 5.11 Å². The van der Waals surface area contributed by atoms with Crippen molar-refractivity contribution < 1.29 is 9.52 Å². The van der Waals surface area contributed by atoms with Crippen LogP contribution in [0, 0.1) is 6.92 Å². The zero-order valence-corrected chi connectivity index (χ0v) is 11.8. The van der Waals surface area contributed by atoms with Crippen LogP contribution in [0.15, 0.2) is 29.0 Å². The highest BCUT2D eigenvalue weighted by atomic mass is 16.4. The molecule has 0 fully saturated rings. The number of furan rings is 1. The number of rotatable bonds is 6. The molecule has 0 radical (unpaired) electrons. The second kappa shape index (κ2) is 6.06. The molecule has 0 amide bonds. The van der Waals surface area contributed by atoms with Gasteiger partial charge in [0.15, 0.2) is 0 Å². The Morgan fingerprint density at radius 3 is 2.63 bits per heavy atom. The maximum Gasteiger partial charge on any atom is 0.135 e. The van der Waals surface area contributed by atoms with Crippen molar-refractivity contribution in [3.63, 3.8) is 0 Å². The summed E-state index contributed by atoms with van der Waals surface area (Å²) < 4.78 is 7.31. The summed E-state index contributed by atoms with van der Waals surface area (Å²) in [5.41, 5.74) is 1.88. The van der Waals surface area contributed by atoms with Crippen molar-refractivity contribution in [3.05, 3.63) is 41.6 Å². The third kappa shape index (κ3) is 3.07. The Hall–Kier alpha value is -1.55. The zero-order chi connectivity index (χ0) is 13.8. The van der Waals surface area contributed by atoms with Gasteiger partial charge in [0.25, 0.3) is 0 Å². The van der Waals surface area contributed by atoms with Crippen molar-refractivity contribution in [1.82, 2.24) is 9.78 Å². The molecule has 1 atom stereocenters. The molecule has 2 aromatic rings. The number of aryl methyl sites for hydroxylation is 1. The Balaban J connectivity index is 2.06. The number of aliphatic hydroxyl groups excluding tert-OH is 1. The Morgan fingerprint density at radius 1 is 1.32 bits per heavy atom. The van der Waals surface area contributed by atoms with Crippen LogP contribution in [0.2, 0.25) is 0 Å². The summed E-state index contributed by atoms with van der Waals surface area (Å²) in [6, 6.07) is 4.28. The van der Waals surface area contributed by atoms with E-state index in [0.29, 0.717) is 18.2 Å². The van der Waals surface area contributed by atoms with Crippen molar-refractivity contribution in [2.75, 3.05) is 0 Å². The smallest absolute Gasteiger partial charge is 0.135 e. The van der Waals surface area contributed by atoms with Crippen LogP contribution in [0.5, 0.6) is 0 Å². The van der Waals surface area contributed by atoms with E-state index in [4.69, 9.17) is 4.42 Å². The number of aromatic nitrogens is 2. The highest BCUT2D eigenvalue weighted by molar-refractivity contribution is 5.18. The average molecular weight is 262 g/mol. The molecule has 0 spiro atoms. The number of nitrogens with zero attached hydrogens (tertiary/aromatic N) is 2. The Bertz CT molecular complexity index is 512. The van der Waals surface area contributed by atoms with E-state index >= 15 is 0 Å². The topological polar surface area (TPSA) is 51.2 Å². The maximum atomic E-state index is 10.2. The quantitative estimate of drug-likeness (QED) is 0.867. The third-order valence-corrected chi connectivity index (χ3v) is 3.59. The van der Waals surface area contributed by atoms with Crippen LogP contribution in [-0.2, 0) is 6.42 Å². The molecule has 19 heavy (non-hydrogen) atoms. The molecule has 0 bridgehead atoms. The van der Waals surface area contributed by atoms with Crippen LogP contribution < -0.4 is 0 Å². The van der Waals surface area contributed by atoms with Crippen molar-refractivity contribution >= 4 is 0 Å². The molecule has 2 rings (SSSR count). The van der Waals surface area contributed by atoms with Gasteiger partial charge in [0, 0.05) is 12.6 Å². The van der Waals surface area contributed by atoms with E-state index in [-0.39, 0.29) is 0 Å². The summed E-state index contributed by atoms with van der Waals surface area (Å²) in [5.74, 6) is 0.636. The minimum atomic E-state index is -0.625. The van der Waals surface area contributed by atoms with E-state index in [1.165, 1.54) is 0 Å². The fraction of sp³-hybridized carbons (Fsp3) is 0.533. The van der Waals surface area contributed by atoms with Crippen LogP contribution in [0.4, 0.5) is 0 Å². The lowest BCUT2D eigenvalue weighted by Crippen LogP contribution is -2.09. The van der Waals surface area contributed by atoms with E-state index < -0.39 is 6.10 Å². The first-order valence-corrected chi connectivity index (χ1v) is 6.91. The van der Waals surface area contributed by atoms with Gasteiger partial charge in [0.05, 0.1) is 18.0 Å². The normalized spacial score (nSPS) is 13.1. The summed E-state index contributed by atoms with van der Waals surface area (Å²) in [4.78, 5) is 0. The predicted octanol–water partition coefficient (Wildman–Crippen LogP) is 3.42. The van der Waals surface area contributed by atoms with E-state index in [1.54, 1.807) is 6.26 Å². The summed E-state index contributed by atoms with van der Waals surface area (Å²) in [6.45, 7) is 6.26. The molecule has 4 nitrogen and oxygen atoms in total. The van der Waals surface area contributed by atoms with E-state index in [0.717, 1.165) is 24.1 Å². The second-order valence-corrected chi connectivity index (χ2v) is 4.95. The van der Waals surface area contributed by atoms with Gasteiger partial charge in [-0.2, -0.15) is 5.10 Å². The lowest BCUT2D eigenvalue weighted by molar-refractivity contribution is 0.148. The number of aliphatic hydroxyl groups is 1. The summed E-state index contributed by atoms with van der Waals surface area (Å²) in [5, 5.41) is 14.7. The van der Waals surface area contributed by atoms with Gasteiger partial charge in [0.1, 0.15) is 11.9 Å². The Labute approximate surface area is 114 Å². The third-order valence-electron chi connectivity index (χ3n) is 3.59. The predicted molar refractivity (Wildman–Crippen MR) is 74.0 cm³/mol. The first kappa shape index (κ1) is 13.9. The van der Waals surface area contributed by atoms with Gasteiger partial charge in [0.2, 0.25) is 0 Å². The molecule has 1 unspecified atom stereocenters. The summed E-state index contributed by atoms with van der Waals surface area (Å²) >= 11 is 0. The largest absolute Gasteiger partial charge is 0.466 e. The highest BCUT2D eigenvalue weighted by Gasteiger charge is 2.16. The van der Waals surface area contributed by atoms with Crippen molar-refractivity contribution in [3.8, 4) is 0 Å². The van der Waals surface area contributed by atoms with Crippen LogP contribution in [0.3, 0.4) is 0 Å². The monoisotopic (exact) mass is 262 g/mol. The Kier molecular flexibility index (Phi) is 4.43. The van der Waals surface area contributed by atoms with E-state index in [1.807, 2.05) is 29.9 Å². The van der Waals surface area contributed by atoms with Crippen molar-refractivity contribution in [1.29, 1.82) is 0 Å². The Morgan fingerprint density at radius 2 is 2.05 bits per heavy atom. The molecule has 0 aliphatic heterocycles. The SMILES string of the molecule is CCC(CC)n1ccc(CC(O)c2occc2C)n1. The highest BCUT2D eigenvalue weighted by Crippen LogP contribution is 2.22. The van der Waals surface area contributed by atoms with Crippen molar-refractivity contribution in [2.45, 2.75) is 52.2 Å². The molecule has 2 heterocycles. The van der Waals surface area contributed by atoms with Gasteiger partial charge in [-0.3, -0.25) is 4.68 Å². The minimum Gasteiger partial charge on any atom is -0.466 e. The van der Waals surface area contributed by atoms with Gasteiger partial charge in [-0.1, -0.05) is 13.8 Å². The van der Waals surface area contributed by atoms with Gasteiger partial charge in [-0.05, 0) is 37.5 Å². The average Bonchev–Trinajstić information content (AvgIpc) is 3.00. The minimum absolute atomic E-state index is 0.441. The van der Waals surface area contributed by atoms with Gasteiger partial charge in [-0.15, -0.1) is 0 Å². The van der Waals surface area contributed by atoms with Gasteiger partial charge in [-0.25, -0.2) is 0 Å². The molecule has 0 saturated carbocycles. The van der Waals surface area contributed by atoms with Crippen LogP contribution in [-0.4, -0.2) is 14.9 Å². The number of hydrogen-bond acceptors (Lipinski definition) is 3. The van der Waals surface area contributed by atoms with E-state index in [2.05, 4.69) is 18.9 Å². The summed E-state index contributed by atoms with van der Waals surface area (Å²) in [6.07, 6.45) is 5.60. The molecular weight excluding hydrogens is 240 g/mol. The molecule has 1 N–H and O–H groups in total. The van der Waals surface area contributed by atoms with Gasteiger partial charge < -0.3 is 9.52 Å². The van der Waals surface area contributed by atoms with Crippen LogP contribution >= 0.6 is 0 Å². The van der Waals surface area contributed by atoms with Crippen molar-refractivity contribution in [2.24, 2.45) is 0 Å². The maximum absolute atomic E-state index is 10.2. The first-order chi connectivity index (χ1) is 9.15. The molecule has 2 aromatic heterocycles. The fourth-order valence-corrected chi connectivity index (χ4v) is 2.37. The lowest BCUT2D eigenvalue weighted by Gasteiger charge is -2.12. The molecule has 0 aromatic carbocycles. The first-order valence-electron chi connectivity index (χ1n) is 6.91. The molecule has 0 saturated heterocycles. The fourth-order valence-electron chi connectivity index (χ4n) is 2.37. The molecule has 0 aliphatic carbocycles. The molecular formula is C15H22N2O2. The molecule has 0 aliphatic rings. The second-order valence-electron chi connectivity index (χ2n) is 4.95. The summed E-state index contributed by atoms with van der Waals surface area (Å²) in [7, 11) is 0. The standard InChI is InChI=1S/C15H22N2O2/c1-4-13(5-2)17-8-6-12(16-17)10-14(18)15-11(3)7-9-19-15/h6-9,13-14,18H,4-5,10H2,1-3H3. The number of hydrogen-bond donors (Lipinski definition) is 1. The van der Waals surface area contributed by atoms with Crippen LogP contribution in [0.25, 0.3) is 0 Å².